The second-order valence-electron chi connectivity index (χ2n) is 3.29. The summed E-state index contributed by atoms with van der Waals surface area (Å²) in [6.45, 7) is 9.82. The molecule has 0 heterocycles. The third kappa shape index (κ3) is 9.23. The Hall–Kier alpha value is -0.860. The molecule has 0 fully saturated rings. The van der Waals surface area contributed by atoms with E-state index in [0.717, 1.165) is 12.7 Å². The van der Waals surface area contributed by atoms with Crippen molar-refractivity contribution >= 4 is 12.2 Å². The fourth-order valence-electron chi connectivity index (χ4n) is 0.965. The van der Waals surface area contributed by atoms with Gasteiger partial charge in [-0.25, -0.2) is 0 Å². The van der Waals surface area contributed by atoms with Crippen LogP contribution in [0.15, 0.2) is 0 Å². The minimum Gasteiger partial charge on any atom is -0.347 e. The number of nitrogens with one attached hydrogen (secondary N) is 1. The van der Waals surface area contributed by atoms with Gasteiger partial charge in [0, 0.05) is 6.42 Å². The van der Waals surface area contributed by atoms with Crippen LogP contribution in [-0.4, -0.2) is 18.2 Å². The maximum absolute atomic E-state index is 10.9. The molecular weight excluding hydrogens is 178 g/mol. The molecule has 14 heavy (non-hydrogen) atoms. The average Bonchev–Trinajstić information content (AvgIpc) is 2.19. The fourth-order valence-corrected chi connectivity index (χ4v) is 0.965. The van der Waals surface area contributed by atoms with E-state index in [1.54, 1.807) is 6.92 Å². The van der Waals surface area contributed by atoms with Crippen molar-refractivity contribution in [3.8, 4) is 0 Å². The minimum absolute atomic E-state index is 0.0623. The van der Waals surface area contributed by atoms with Gasteiger partial charge in [0.1, 0.15) is 6.29 Å². The van der Waals surface area contributed by atoms with E-state index in [2.05, 4.69) is 5.32 Å². The Morgan fingerprint density at radius 3 is 2.14 bits per heavy atom. The first-order chi connectivity index (χ1) is 6.60. The molecule has 0 radical (unpaired) electrons. The predicted octanol–water partition coefficient (Wildman–Crippen LogP) is 2.15. The highest BCUT2D eigenvalue weighted by molar-refractivity contribution is 5.79. The number of carbonyl (C=O) groups excluding carboxylic acids is 2. The molecule has 3 heteroatoms. The number of hydrogen-bond donors (Lipinski definition) is 1. The zero-order chi connectivity index (χ0) is 11.6. The lowest BCUT2D eigenvalue weighted by Gasteiger charge is -2.13. The summed E-state index contributed by atoms with van der Waals surface area (Å²) in [6, 6.07) is -0.308. The summed E-state index contributed by atoms with van der Waals surface area (Å²) >= 11 is 0. The van der Waals surface area contributed by atoms with E-state index in [0.29, 0.717) is 12.3 Å². The molecule has 0 aromatic carbocycles. The quantitative estimate of drug-likeness (QED) is 0.693. The van der Waals surface area contributed by atoms with Gasteiger partial charge in [0.05, 0.1) is 6.04 Å². The molecule has 0 unspecified atom stereocenters. The van der Waals surface area contributed by atoms with Gasteiger partial charge in [-0.2, -0.15) is 0 Å². The molecule has 0 aromatic rings. The summed E-state index contributed by atoms with van der Waals surface area (Å²) in [5.41, 5.74) is 0. The summed E-state index contributed by atoms with van der Waals surface area (Å²) < 4.78 is 0. The van der Waals surface area contributed by atoms with Crippen molar-refractivity contribution < 1.29 is 9.59 Å². The molecule has 0 aliphatic heterocycles. The second-order valence-corrected chi connectivity index (χ2v) is 3.29. The van der Waals surface area contributed by atoms with Crippen LogP contribution in [0.3, 0.4) is 0 Å². The zero-order valence-electron chi connectivity index (χ0n) is 9.96. The zero-order valence-corrected chi connectivity index (χ0v) is 9.96. The Morgan fingerprint density at radius 2 is 1.86 bits per heavy atom. The van der Waals surface area contributed by atoms with Crippen LogP contribution in [-0.2, 0) is 9.59 Å². The summed E-state index contributed by atoms with van der Waals surface area (Å²) in [4.78, 5) is 21.4. The molecule has 0 aliphatic carbocycles. The molecule has 84 valence electrons. The van der Waals surface area contributed by atoms with Gasteiger partial charge in [-0.3, -0.25) is 4.79 Å². The Kier molecular flexibility index (Phi) is 11.4. The summed E-state index contributed by atoms with van der Waals surface area (Å²) in [7, 11) is 0. The van der Waals surface area contributed by atoms with Crippen LogP contribution >= 0.6 is 0 Å². The predicted molar refractivity (Wildman–Crippen MR) is 59.1 cm³/mol. The van der Waals surface area contributed by atoms with Crippen LogP contribution in [0.1, 0.15) is 47.5 Å². The first-order valence-electron chi connectivity index (χ1n) is 5.34. The van der Waals surface area contributed by atoms with E-state index in [1.165, 1.54) is 0 Å². The smallest absolute Gasteiger partial charge is 0.220 e. The fraction of sp³-hybridized carbons (Fsp3) is 0.818. The second kappa shape index (κ2) is 10.2. The number of rotatable bonds is 5. The van der Waals surface area contributed by atoms with Gasteiger partial charge in [-0.1, -0.05) is 34.6 Å². The van der Waals surface area contributed by atoms with Gasteiger partial charge >= 0.3 is 0 Å². The van der Waals surface area contributed by atoms with Gasteiger partial charge in [0.25, 0.3) is 0 Å². The van der Waals surface area contributed by atoms with Crippen LogP contribution in [0.25, 0.3) is 0 Å². The average molecular weight is 201 g/mol. The maximum atomic E-state index is 10.9. The van der Waals surface area contributed by atoms with E-state index in [-0.39, 0.29) is 11.9 Å². The molecule has 1 atom stereocenters. The normalized spacial score (nSPS) is 11.3. The molecule has 0 rings (SSSR count). The van der Waals surface area contributed by atoms with Crippen LogP contribution in [0, 0.1) is 5.92 Å². The van der Waals surface area contributed by atoms with Crippen molar-refractivity contribution in [1.82, 2.24) is 5.32 Å². The van der Waals surface area contributed by atoms with Crippen molar-refractivity contribution in [3.05, 3.63) is 0 Å². The lowest BCUT2D eigenvalue weighted by molar-refractivity contribution is -0.123. The van der Waals surface area contributed by atoms with Gasteiger partial charge in [0.15, 0.2) is 0 Å². The molecule has 0 aromatic heterocycles. The highest BCUT2D eigenvalue weighted by atomic mass is 16.2. The molecule has 0 saturated carbocycles. The highest BCUT2D eigenvalue weighted by Crippen LogP contribution is 2.02. The summed E-state index contributed by atoms with van der Waals surface area (Å²) in [5.74, 6) is 0.366. The number of carbonyl (C=O) groups is 2. The first-order valence-corrected chi connectivity index (χ1v) is 5.34. The van der Waals surface area contributed by atoms with Gasteiger partial charge in [-0.15, -0.1) is 0 Å². The Bertz CT molecular complexity index is 155. The van der Waals surface area contributed by atoms with Crippen LogP contribution in [0.2, 0.25) is 0 Å². The van der Waals surface area contributed by atoms with Crippen molar-refractivity contribution in [2.75, 3.05) is 0 Å². The number of hydrogen-bond acceptors (Lipinski definition) is 2. The molecule has 0 spiro atoms. The Morgan fingerprint density at radius 1 is 1.36 bits per heavy atom. The molecule has 1 N–H and O–H groups in total. The minimum atomic E-state index is -0.308. The lowest BCUT2D eigenvalue weighted by Crippen LogP contribution is -2.36. The highest BCUT2D eigenvalue weighted by Gasteiger charge is 2.10. The first kappa shape index (κ1) is 15.6. The van der Waals surface area contributed by atoms with E-state index < -0.39 is 0 Å². The van der Waals surface area contributed by atoms with Gasteiger partial charge in [0.2, 0.25) is 5.91 Å². The van der Waals surface area contributed by atoms with Crippen molar-refractivity contribution in [1.29, 1.82) is 0 Å². The SMILES string of the molecule is CC.CCC(=O)N[C@H](C=O)CC(C)C. The topological polar surface area (TPSA) is 46.2 Å². The molecule has 3 nitrogen and oxygen atoms in total. The molecule has 0 saturated heterocycles. The van der Waals surface area contributed by atoms with Gasteiger partial charge in [-0.05, 0) is 12.3 Å². The lowest BCUT2D eigenvalue weighted by atomic mass is 10.0. The van der Waals surface area contributed by atoms with Crippen LogP contribution in [0.4, 0.5) is 0 Å². The molecule has 1 amide bonds. The summed E-state index contributed by atoms with van der Waals surface area (Å²) in [6.07, 6.45) is 1.95. The Labute approximate surface area is 87.3 Å². The monoisotopic (exact) mass is 201 g/mol. The molecular formula is C11H23NO2. The standard InChI is InChI=1S/C9H17NO2.C2H6/c1-4-9(12)10-8(6-11)5-7(2)3;1-2/h6-8H,4-5H2,1-3H3,(H,10,12);1-2H3/t8-;/m0./s1. The van der Waals surface area contributed by atoms with E-state index in [1.807, 2.05) is 27.7 Å². The van der Waals surface area contributed by atoms with E-state index in [4.69, 9.17) is 0 Å². The van der Waals surface area contributed by atoms with Crippen molar-refractivity contribution in [3.63, 3.8) is 0 Å². The molecule has 0 bridgehead atoms. The van der Waals surface area contributed by atoms with Crippen molar-refractivity contribution in [2.24, 2.45) is 5.92 Å². The largest absolute Gasteiger partial charge is 0.347 e. The number of aldehydes is 1. The number of amides is 1. The Balaban J connectivity index is 0. The van der Waals surface area contributed by atoms with E-state index >= 15 is 0 Å². The van der Waals surface area contributed by atoms with Crippen molar-refractivity contribution in [2.45, 2.75) is 53.5 Å². The molecule has 0 aliphatic rings. The third-order valence-electron chi connectivity index (χ3n) is 1.56. The summed E-state index contributed by atoms with van der Waals surface area (Å²) in [5, 5.41) is 2.64. The van der Waals surface area contributed by atoms with E-state index in [9.17, 15) is 9.59 Å². The van der Waals surface area contributed by atoms with Crippen LogP contribution in [0.5, 0.6) is 0 Å². The third-order valence-corrected chi connectivity index (χ3v) is 1.56. The maximum Gasteiger partial charge on any atom is 0.220 e. The van der Waals surface area contributed by atoms with Gasteiger partial charge < -0.3 is 10.1 Å². The van der Waals surface area contributed by atoms with Crippen LogP contribution < -0.4 is 5.32 Å².